The summed E-state index contributed by atoms with van der Waals surface area (Å²) in [5, 5.41) is 14.1. The molecule has 0 saturated heterocycles. The Kier molecular flexibility index (Phi) is 4.40. The molecule has 21 heavy (non-hydrogen) atoms. The third kappa shape index (κ3) is 3.97. The number of ether oxygens (including phenoxy) is 1. The summed E-state index contributed by atoms with van der Waals surface area (Å²) in [6.07, 6.45) is 0. The molecule has 0 fully saturated rings. The molecule has 6 heteroatoms. The van der Waals surface area contributed by atoms with Gasteiger partial charge in [0.1, 0.15) is 11.5 Å². The average molecular weight is 286 g/mol. The fourth-order valence-corrected chi connectivity index (χ4v) is 1.63. The van der Waals surface area contributed by atoms with Crippen LogP contribution in [0.1, 0.15) is 0 Å². The fraction of sp³-hybridized carbons (Fsp3) is 0.0667. The first-order valence-electron chi connectivity index (χ1n) is 6.14. The Morgan fingerprint density at radius 2 is 1.57 bits per heavy atom. The number of hydrogen-bond donors (Lipinski definition) is 3. The molecule has 2 aromatic carbocycles. The number of anilines is 2. The summed E-state index contributed by atoms with van der Waals surface area (Å²) in [7, 11) is 1.54. The largest absolute Gasteiger partial charge is 0.508 e. The van der Waals surface area contributed by atoms with Crippen molar-refractivity contribution in [3.8, 4) is 11.5 Å². The number of amides is 2. The van der Waals surface area contributed by atoms with Crippen molar-refractivity contribution in [3.63, 3.8) is 0 Å². The number of carbonyl (C=O) groups excluding carboxylic acids is 2. The maximum absolute atomic E-state index is 11.7. The Morgan fingerprint density at radius 3 is 2.14 bits per heavy atom. The Bertz CT molecular complexity index is 653. The van der Waals surface area contributed by atoms with E-state index in [1.807, 2.05) is 0 Å². The number of benzene rings is 2. The van der Waals surface area contributed by atoms with E-state index in [1.165, 1.54) is 19.2 Å². The van der Waals surface area contributed by atoms with E-state index in [9.17, 15) is 14.7 Å². The van der Waals surface area contributed by atoms with E-state index in [4.69, 9.17) is 4.74 Å². The van der Waals surface area contributed by atoms with Gasteiger partial charge in [-0.15, -0.1) is 0 Å². The molecule has 2 rings (SSSR count). The molecule has 0 radical (unpaired) electrons. The first kappa shape index (κ1) is 14.4. The fourth-order valence-electron chi connectivity index (χ4n) is 1.63. The highest BCUT2D eigenvalue weighted by atomic mass is 16.5. The molecule has 0 atom stereocenters. The third-order valence-electron chi connectivity index (χ3n) is 2.66. The van der Waals surface area contributed by atoms with Crippen LogP contribution in [-0.4, -0.2) is 24.0 Å². The van der Waals surface area contributed by atoms with Gasteiger partial charge in [0, 0.05) is 17.4 Å². The van der Waals surface area contributed by atoms with Crippen molar-refractivity contribution in [1.82, 2.24) is 0 Å². The van der Waals surface area contributed by atoms with Crippen molar-refractivity contribution in [2.75, 3.05) is 17.7 Å². The van der Waals surface area contributed by atoms with Gasteiger partial charge in [-0.1, -0.05) is 6.07 Å². The number of hydrogen-bond acceptors (Lipinski definition) is 4. The van der Waals surface area contributed by atoms with Crippen molar-refractivity contribution in [1.29, 1.82) is 0 Å². The van der Waals surface area contributed by atoms with Crippen LogP contribution in [0.3, 0.4) is 0 Å². The first-order valence-corrected chi connectivity index (χ1v) is 6.14. The smallest absolute Gasteiger partial charge is 0.314 e. The van der Waals surface area contributed by atoms with Crippen LogP contribution in [-0.2, 0) is 9.59 Å². The number of rotatable bonds is 3. The lowest BCUT2D eigenvalue weighted by Crippen LogP contribution is -2.29. The first-order chi connectivity index (χ1) is 10.1. The predicted octanol–water partition coefficient (Wildman–Crippen LogP) is 1.98. The van der Waals surface area contributed by atoms with Crippen molar-refractivity contribution in [2.45, 2.75) is 0 Å². The third-order valence-corrected chi connectivity index (χ3v) is 2.66. The van der Waals surface area contributed by atoms with E-state index in [-0.39, 0.29) is 5.75 Å². The average Bonchev–Trinajstić information content (AvgIpc) is 2.48. The van der Waals surface area contributed by atoms with E-state index in [2.05, 4.69) is 10.6 Å². The zero-order chi connectivity index (χ0) is 15.2. The van der Waals surface area contributed by atoms with Gasteiger partial charge in [-0.05, 0) is 36.4 Å². The minimum Gasteiger partial charge on any atom is -0.508 e. The second-order valence-corrected chi connectivity index (χ2v) is 4.19. The summed E-state index contributed by atoms with van der Waals surface area (Å²) in [5.74, 6) is -0.972. The van der Waals surface area contributed by atoms with Crippen LogP contribution in [0.15, 0.2) is 48.5 Å². The van der Waals surface area contributed by atoms with Crippen LogP contribution in [0.5, 0.6) is 11.5 Å². The number of phenols is 1. The molecule has 3 N–H and O–H groups in total. The summed E-state index contributed by atoms with van der Waals surface area (Å²) in [6.45, 7) is 0. The Morgan fingerprint density at radius 1 is 0.952 bits per heavy atom. The van der Waals surface area contributed by atoms with Crippen molar-refractivity contribution < 1.29 is 19.4 Å². The van der Waals surface area contributed by atoms with E-state index in [0.29, 0.717) is 17.1 Å². The van der Waals surface area contributed by atoms with Crippen LogP contribution in [0, 0.1) is 0 Å². The van der Waals surface area contributed by atoms with Crippen LogP contribution in [0.2, 0.25) is 0 Å². The van der Waals surface area contributed by atoms with Crippen LogP contribution >= 0.6 is 0 Å². The topological polar surface area (TPSA) is 87.7 Å². The van der Waals surface area contributed by atoms with Crippen molar-refractivity contribution in [3.05, 3.63) is 48.5 Å². The van der Waals surface area contributed by atoms with Gasteiger partial charge in [-0.3, -0.25) is 9.59 Å². The molecule has 0 saturated carbocycles. The van der Waals surface area contributed by atoms with Gasteiger partial charge in [0.2, 0.25) is 0 Å². The zero-order valence-electron chi connectivity index (χ0n) is 11.3. The van der Waals surface area contributed by atoms with E-state index < -0.39 is 11.8 Å². The summed E-state index contributed by atoms with van der Waals surface area (Å²) < 4.78 is 5.00. The quantitative estimate of drug-likeness (QED) is 0.753. The lowest BCUT2D eigenvalue weighted by Gasteiger charge is -2.07. The highest BCUT2D eigenvalue weighted by molar-refractivity contribution is 6.43. The summed E-state index contributed by atoms with van der Waals surface area (Å²) in [4.78, 5) is 23.5. The molecule has 0 heterocycles. The lowest BCUT2D eigenvalue weighted by atomic mass is 10.3. The molecular formula is C15H14N2O4. The number of methoxy groups -OCH3 is 1. The van der Waals surface area contributed by atoms with Gasteiger partial charge in [0.05, 0.1) is 7.11 Å². The molecule has 0 aliphatic rings. The van der Waals surface area contributed by atoms with Crippen LogP contribution < -0.4 is 15.4 Å². The molecule has 108 valence electrons. The zero-order valence-corrected chi connectivity index (χ0v) is 11.3. The highest BCUT2D eigenvalue weighted by Gasteiger charge is 2.14. The van der Waals surface area contributed by atoms with Gasteiger partial charge in [0.25, 0.3) is 0 Å². The van der Waals surface area contributed by atoms with E-state index in [0.717, 1.165) is 0 Å². The summed E-state index contributed by atoms with van der Waals surface area (Å²) in [6, 6.07) is 12.5. The van der Waals surface area contributed by atoms with E-state index >= 15 is 0 Å². The standard InChI is InChI=1S/C15H14N2O4/c1-21-13-7-5-10(6-8-13)16-14(19)15(20)17-11-3-2-4-12(18)9-11/h2-9,18H,1H3,(H,16,19)(H,17,20). The predicted molar refractivity (Wildman–Crippen MR) is 78.4 cm³/mol. The molecule has 2 aromatic rings. The Hall–Kier alpha value is -3.02. The second-order valence-electron chi connectivity index (χ2n) is 4.19. The molecule has 0 bridgehead atoms. The van der Waals surface area contributed by atoms with E-state index in [1.54, 1.807) is 36.4 Å². The van der Waals surface area contributed by atoms with Crippen molar-refractivity contribution in [2.24, 2.45) is 0 Å². The number of aromatic hydroxyl groups is 1. The number of nitrogens with one attached hydrogen (secondary N) is 2. The Labute approximate surface area is 121 Å². The van der Waals surface area contributed by atoms with Crippen LogP contribution in [0.4, 0.5) is 11.4 Å². The minimum atomic E-state index is -0.823. The van der Waals surface area contributed by atoms with Gasteiger partial charge >= 0.3 is 11.8 Å². The molecule has 0 aliphatic carbocycles. The molecule has 0 aliphatic heterocycles. The second kappa shape index (κ2) is 6.42. The summed E-state index contributed by atoms with van der Waals surface area (Å²) in [5.41, 5.74) is 0.816. The maximum atomic E-state index is 11.7. The Balaban J connectivity index is 1.97. The van der Waals surface area contributed by atoms with Crippen LogP contribution in [0.25, 0.3) is 0 Å². The molecular weight excluding hydrogens is 272 g/mol. The van der Waals surface area contributed by atoms with Gasteiger partial charge in [0.15, 0.2) is 0 Å². The summed E-state index contributed by atoms with van der Waals surface area (Å²) >= 11 is 0. The van der Waals surface area contributed by atoms with Gasteiger partial charge in [-0.25, -0.2) is 0 Å². The highest BCUT2D eigenvalue weighted by Crippen LogP contribution is 2.16. The molecule has 6 nitrogen and oxygen atoms in total. The maximum Gasteiger partial charge on any atom is 0.314 e. The molecule has 0 unspecified atom stereocenters. The SMILES string of the molecule is COc1ccc(NC(=O)C(=O)Nc2cccc(O)c2)cc1. The monoisotopic (exact) mass is 286 g/mol. The number of phenolic OH excluding ortho intramolecular Hbond substituents is 1. The normalized spacial score (nSPS) is 9.76. The van der Waals surface area contributed by atoms with Gasteiger partial charge < -0.3 is 20.5 Å². The van der Waals surface area contributed by atoms with Gasteiger partial charge in [-0.2, -0.15) is 0 Å². The molecule has 2 amide bonds. The number of carbonyl (C=O) groups is 2. The van der Waals surface area contributed by atoms with Crippen molar-refractivity contribution >= 4 is 23.2 Å². The lowest BCUT2D eigenvalue weighted by molar-refractivity contribution is -0.132. The minimum absolute atomic E-state index is 0.00311. The molecule has 0 spiro atoms. The molecule has 0 aromatic heterocycles.